The van der Waals surface area contributed by atoms with Gasteiger partial charge in [-0.15, -0.1) is 5.10 Å². The molecule has 7 heteroatoms. The van der Waals surface area contributed by atoms with Crippen LogP contribution in [0.15, 0.2) is 109 Å². The summed E-state index contributed by atoms with van der Waals surface area (Å²) in [5.74, 6) is -0.526. The Bertz CT molecular complexity index is 1360. The molecule has 0 unspecified atom stereocenters. The molecule has 0 aliphatic carbocycles. The molecule has 5 rings (SSSR count). The van der Waals surface area contributed by atoms with E-state index < -0.39 is 11.5 Å². The van der Waals surface area contributed by atoms with E-state index in [2.05, 4.69) is 15.5 Å². The maximum atomic E-state index is 11.6. The van der Waals surface area contributed by atoms with Gasteiger partial charge < -0.3 is 5.11 Å². The summed E-state index contributed by atoms with van der Waals surface area (Å²) < 4.78 is 1.78. The summed E-state index contributed by atoms with van der Waals surface area (Å²) in [6, 6.07) is 35.2. The maximum Gasteiger partial charge on any atom is 0.307 e. The molecule has 0 aliphatic rings. The van der Waals surface area contributed by atoms with Gasteiger partial charge in [-0.25, -0.2) is 4.68 Å². The van der Waals surface area contributed by atoms with Gasteiger partial charge in [-0.3, -0.25) is 4.79 Å². The number of hydrogen-bond acceptors (Lipinski definition) is 4. The normalized spacial score (nSPS) is 11.3. The topological polar surface area (TPSA) is 80.9 Å². The summed E-state index contributed by atoms with van der Waals surface area (Å²) in [4.78, 5) is 11.6. The van der Waals surface area contributed by atoms with E-state index in [9.17, 15) is 9.90 Å². The lowest BCUT2D eigenvalue weighted by molar-refractivity contribution is -0.136. The van der Waals surface area contributed by atoms with Gasteiger partial charge in [-0.05, 0) is 50.9 Å². The number of carboxylic acid groups (broad SMARTS) is 1. The van der Waals surface area contributed by atoms with Crippen LogP contribution in [0.1, 0.15) is 22.3 Å². The molecule has 0 spiro atoms. The van der Waals surface area contributed by atoms with Crippen molar-refractivity contribution < 1.29 is 9.90 Å². The third-order valence-corrected chi connectivity index (χ3v) is 6.25. The van der Waals surface area contributed by atoms with Gasteiger partial charge in [0.2, 0.25) is 0 Å². The molecule has 1 N–H and O–H groups in total. The quantitative estimate of drug-likeness (QED) is 0.313. The van der Waals surface area contributed by atoms with Crippen LogP contribution in [0.4, 0.5) is 0 Å². The number of aromatic nitrogens is 4. The van der Waals surface area contributed by atoms with Crippen LogP contribution in [0.3, 0.4) is 0 Å². The highest BCUT2D eigenvalue weighted by molar-refractivity contribution is 6.30. The van der Waals surface area contributed by atoms with Crippen molar-refractivity contribution in [3.8, 4) is 11.4 Å². The Morgan fingerprint density at radius 1 is 0.800 bits per heavy atom. The number of halogens is 1. The van der Waals surface area contributed by atoms with Crippen molar-refractivity contribution in [1.82, 2.24) is 20.2 Å². The molecule has 1 aromatic heterocycles. The van der Waals surface area contributed by atoms with Crippen LogP contribution in [0.2, 0.25) is 5.02 Å². The van der Waals surface area contributed by atoms with E-state index in [-0.39, 0.29) is 6.42 Å². The standard InChI is InChI=1S/C28H21ClN4O2/c29-24-16-17-25(20(18-24)19-26(34)35)27-30-31-32-33(27)28(21-10-4-1-5-11-21,22-12-6-2-7-13-22)23-14-8-3-9-15-23/h1-18H,19H2,(H,34,35). The van der Waals surface area contributed by atoms with Crippen LogP contribution < -0.4 is 0 Å². The van der Waals surface area contributed by atoms with E-state index in [0.717, 1.165) is 16.7 Å². The molecule has 0 atom stereocenters. The molecule has 1 heterocycles. The van der Waals surface area contributed by atoms with Gasteiger partial charge >= 0.3 is 5.97 Å². The van der Waals surface area contributed by atoms with Crippen molar-refractivity contribution in [2.75, 3.05) is 0 Å². The first kappa shape index (κ1) is 22.5. The largest absolute Gasteiger partial charge is 0.481 e. The van der Waals surface area contributed by atoms with Gasteiger partial charge in [0.25, 0.3) is 0 Å². The van der Waals surface area contributed by atoms with Crippen LogP contribution in [0.5, 0.6) is 0 Å². The number of hydrogen-bond donors (Lipinski definition) is 1. The fourth-order valence-electron chi connectivity index (χ4n) is 4.58. The molecular formula is C28H21ClN4O2. The number of carboxylic acids is 1. The van der Waals surface area contributed by atoms with E-state index in [1.54, 1.807) is 22.9 Å². The van der Waals surface area contributed by atoms with Gasteiger partial charge in [0, 0.05) is 10.6 Å². The third kappa shape index (κ3) is 4.09. The maximum absolute atomic E-state index is 11.6. The minimum absolute atomic E-state index is 0.211. The molecule has 5 aromatic rings. The predicted molar refractivity (Wildman–Crippen MR) is 134 cm³/mol. The fraction of sp³-hybridized carbons (Fsp3) is 0.0714. The SMILES string of the molecule is O=C(O)Cc1cc(Cl)ccc1-c1nnnn1C(c1ccccc1)(c1ccccc1)c1ccccc1. The zero-order valence-electron chi connectivity index (χ0n) is 18.6. The zero-order chi connectivity index (χ0) is 24.3. The molecular weight excluding hydrogens is 460 g/mol. The highest BCUT2D eigenvalue weighted by atomic mass is 35.5. The van der Waals surface area contributed by atoms with Crippen molar-refractivity contribution >= 4 is 17.6 Å². The average Bonchev–Trinajstić information content (AvgIpc) is 3.36. The molecule has 4 aromatic carbocycles. The summed E-state index contributed by atoms with van der Waals surface area (Å²) >= 11 is 6.23. The molecule has 0 saturated heterocycles. The van der Waals surface area contributed by atoms with E-state index in [4.69, 9.17) is 11.6 Å². The molecule has 172 valence electrons. The monoisotopic (exact) mass is 480 g/mol. The number of nitrogens with zero attached hydrogens (tertiary/aromatic N) is 4. The van der Waals surface area contributed by atoms with Crippen molar-refractivity contribution in [2.45, 2.75) is 12.0 Å². The molecule has 0 amide bonds. The van der Waals surface area contributed by atoms with Crippen molar-refractivity contribution in [2.24, 2.45) is 0 Å². The number of rotatable bonds is 7. The first-order valence-electron chi connectivity index (χ1n) is 11.1. The van der Waals surface area contributed by atoms with E-state index >= 15 is 0 Å². The molecule has 0 aliphatic heterocycles. The molecule has 0 fully saturated rings. The second kappa shape index (κ2) is 9.52. The number of benzene rings is 4. The summed E-state index contributed by atoms with van der Waals surface area (Å²) in [6.07, 6.45) is -0.211. The second-order valence-electron chi connectivity index (χ2n) is 8.09. The van der Waals surface area contributed by atoms with Crippen LogP contribution in [-0.2, 0) is 16.8 Å². The summed E-state index contributed by atoms with van der Waals surface area (Å²) in [5, 5.41) is 23.0. The lowest BCUT2D eigenvalue weighted by Gasteiger charge is -2.36. The van der Waals surface area contributed by atoms with E-state index in [1.165, 1.54) is 0 Å². The number of tetrazole rings is 1. The van der Waals surface area contributed by atoms with Gasteiger partial charge in [0.15, 0.2) is 5.82 Å². The molecule has 6 nitrogen and oxygen atoms in total. The Kier molecular flexibility index (Phi) is 6.12. The van der Waals surface area contributed by atoms with Gasteiger partial charge in [0.05, 0.1) is 6.42 Å². The van der Waals surface area contributed by atoms with Crippen LogP contribution in [-0.4, -0.2) is 31.3 Å². The van der Waals surface area contributed by atoms with Crippen molar-refractivity contribution in [1.29, 1.82) is 0 Å². The lowest BCUT2D eigenvalue weighted by atomic mass is 9.77. The van der Waals surface area contributed by atoms with Crippen molar-refractivity contribution in [3.63, 3.8) is 0 Å². The average molecular weight is 481 g/mol. The Morgan fingerprint density at radius 2 is 1.31 bits per heavy atom. The highest BCUT2D eigenvalue weighted by Crippen LogP contribution is 2.42. The minimum atomic E-state index is -0.965. The predicted octanol–water partition coefficient (Wildman–Crippen LogP) is 5.46. The Balaban J connectivity index is 1.88. The zero-order valence-corrected chi connectivity index (χ0v) is 19.4. The van der Waals surface area contributed by atoms with Crippen LogP contribution in [0, 0.1) is 0 Å². The number of carbonyl (C=O) groups is 1. The molecule has 35 heavy (non-hydrogen) atoms. The Morgan fingerprint density at radius 3 is 1.80 bits per heavy atom. The van der Waals surface area contributed by atoms with Gasteiger partial charge in [-0.1, -0.05) is 103 Å². The Hall–Kier alpha value is -4.29. The first-order valence-corrected chi connectivity index (χ1v) is 11.4. The summed E-state index contributed by atoms with van der Waals surface area (Å²) in [5.41, 5.74) is 3.08. The van der Waals surface area contributed by atoms with Crippen molar-refractivity contribution in [3.05, 3.63) is 136 Å². The minimum Gasteiger partial charge on any atom is -0.481 e. The first-order chi connectivity index (χ1) is 17.1. The molecule has 0 saturated carbocycles. The Labute approximate surface area is 207 Å². The van der Waals surface area contributed by atoms with Gasteiger partial charge in [0.1, 0.15) is 5.54 Å². The van der Waals surface area contributed by atoms with Crippen LogP contribution >= 0.6 is 11.6 Å². The highest BCUT2D eigenvalue weighted by Gasteiger charge is 2.42. The van der Waals surface area contributed by atoms with E-state index in [1.807, 2.05) is 91.0 Å². The van der Waals surface area contributed by atoms with E-state index in [0.29, 0.717) is 22.0 Å². The molecule has 0 radical (unpaired) electrons. The smallest absolute Gasteiger partial charge is 0.307 e. The lowest BCUT2D eigenvalue weighted by Crippen LogP contribution is -2.39. The summed E-state index contributed by atoms with van der Waals surface area (Å²) in [6.45, 7) is 0. The summed E-state index contributed by atoms with van der Waals surface area (Å²) in [7, 11) is 0. The fourth-order valence-corrected chi connectivity index (χ4v) is 4.77. The number of aliphatic carboxylic acids is 1. The molecule has 0 bridgehead atoms. The van der Waals surface area contributed by atoms with Crippen LogP contribution in [0.25, 0.3) is 11.4 Å². The second-order valence-corrected chi connectivity index (χ2v) is 8.53. The third-order valence-electron chi connectivity index (χ3n) is 6.01. The van der Waals surface area contributed by atoms with Gasteiger partial charge in [-0.2, -0.15) is 0 Å².